The third-order valence-corrected chi connectivity index (χ3v) is 10.1. The molecule has 49 heavy (non-hydrogen) atoms. The van der Waals surface area contributed by atoms with Crippen molar-refractivity contribution in [2.75, 3.05) is 0 Å². The topological polar surface area (TPSA) is 13.1 Å². The Bertz CT molecular complexity index is 2820. The molecule has 0 aliphatic carbocycles. The van der Waals surface area contributed by atoms with Crippen LogP contribution in [0.4, 0.5) is 0 Å². The van der Waals surface area contributed by atoms with E-state index in [0.29, 0.717) is 0 Å². The molecule has 1 heterocycles. The summed E-state index contributed by atoms with van der Waals surface area (Å²) < 4.78 is 6.16. The van der Waals surface area contributed by atoms with Gasteiger partial charge in [0, 0.05) is 10.8 Å². The number of hydrogen-bond donors (Lipinski definition) is 0. The van der Waals surface area contributed by atoms with Crippen LogP contribution in [-0.4, -0.2) is 0 Å². The van der Waals surface area contributed by atoms with E-state index >= 15 is 0 Å². The maximum absolute atomic E-state index is 6.16. The van der Waals surface area contributed by atoms with E-state index in [4.69, 9.17) is 4.42 Å². The summed E-state index contributed by atoms with van der Waals surface area (Å²) in [5.74, 6) is 0. The maximum atomic E-state index is 6.16. The summed E-state index contributed by atoms with van der Waals surface area (Å²) >= 11 is 0. The average Bonchev–Trinajstić information content (AvgIpc) is 3.55. The van der Waals surface area contributed by atoms with Gasteiger partial charge < -0.3 is 4.42 Å². The zero-order chi connectivity index (χ0) is 32.3. The number of fused-ring (bicyclic) bond motifs is 6. The largest absolute Gasteiger partial charge is 0.456 e. The van der Waals surface area contributed by atoms with Crippen LogP contribution in [0, 0.1) is 0 Å². The van der Waals surface area contributed by atoms with Gasteiger partial charge in [-0.2, -0.15) is 0 Å². The molecule has 10 aromatic rings. The Kier molecular flexibility index (Phi) is 6.25. The first kappa shape index (κ1) is 27.7. The van der Waals surface area contributed by atoms with Gasteiger partial charge in [0.2, 0.25) is 0 Å². The minimum atomic E-state index is 0.915. The van der Waals surface area contributed by atoms with Crippen LogP contribution in [0.25, 0.3) is 98.8 Å². The fourth-order valence-electron chi connectivity index (χ4n) is 7.94. The van der Waals surface area contributed by atoms with Crippen LogP contribution in [-0.2, 0) is 0 Å². The van der Waals surface area contributed by atoms with E-state index in [1.54, 1.807) is 0 Å². The van der Waals surface area contributed by atoms with Crippen molar-refractivity contribution in [3.8, 4) is 44.5 Å². The summed E-state index contributed by atoms with van der Waals surface area (Å²) in [6, 6.07) is 65.8. The second kappa shape index (κ2) is 11.1. The van der Waals surface area contributed by atoms with Gasteiger partial charge in [0.05, 0.1) is 0 Å². The van der Waals surface area contributed by atoms with Crippen molar-refractivity contribution in [1.29, 1.82) is 0 Å². The van der Waals surface area contributed by atoms with Crippen LogP contribution in [0.3, 0.4) is 0 Å². The smallest absolute Gasteiger partial charge is 0.135 e. The van der Waals surface area contributed by atoms with Crippen molar-refractivity contribution in [3.05, 3.63) is 182 Å². The zero-order valence-corrected chi connectivity index (χ0v) is 26.7. The molecule has 9 aromatic carbocycles. The Morgan fingerprint density at radius 1 is 0.245 bits per heavy atom. The van der Waals surface area contributed by atoms with E-state index in [0.717, 1.165) is 21.9 Å². The first-order valence-corrected chi connectivity index (χ1v) is 16.9. The average molecular weight is 623 g/mol. The number of furan rings is 1. The highest BCUT2D eigenvalue weighted by Gasteiger charge is 2.20. The molecular weight excluding hydrogens is 593 g/mol. The van der Waals surface area contributed by atoms with Crippen molar-refractivity contribution in [2.24, 2.45) is 0 Å². The van der Waals surface area contributed by atoms with E-state index in [-0.39, 0.29) is 0 Å². The molecule has 0 spiro atoms. The molecule has 0 radical (unpaired) electrons. The fraction of sp³-hybridized carbons (Fsp3) is 0. The van der Waals surface area contributed by atoms with E-state index in [9.17, 15) is 0 Å². The summed E-state index contributed by atoms with van der Waals surface area (Å²) in [5, 5.41) is 9.78. The zero-order valence-electron chi connectivity index (χ0n) is 26.7. The molecule has 0 atom stereocenters. The molecule has 0 amide bonds. The lowest BCUT2D eigenvalue weighted by atomic mass is 9.82. The Labute approximate surface area is 284 Å². The fourth-order valence-corrected chi connectivity index (χ4v) is 7.94. The van der Waals surface area contributed by atoms with Gasteiger partial charge in [0.25, 0.3) is 0 Å². The molecule has 1 aromatic heterocycles. The molecule has 1 heteroatoms. The van der Waals surface area contributed by atoms with Crippen LogP contribution in [0.1, 0.15) is 0 Å². The van der Waals surface area contributed by atoms with Gasteiger partial charge in [-0.1, -0.05) is 164 Å². The molecule has 0 fully saturated rings. The Morgan fingerprint density at radius 3 is 1.39 bits per heavy atom. The highest BCUT2D eigenvalue weighted by atomic mass is 16.3. The molecule has 10 rings (SSSR count). The quantitative estimate of drug-likeness (QED) is 0.178. The highest BCUT2D eigenvalue weighted by Crippen LogP contribution is 2.48. The van der Waals surface area contributed by atoms with E-state index in [1.165, 1.54) is 76.8 Å². The molecular formula is C48H30O. The molecule has 0 saturated carbocycles. The summed E-state index contributed by atoms with van der Waals surface area (Å²) in [6.45, 7) is 0. The number of hydrogen-bond acceptors (Lipinski definition) is 1. The summed E-state index contributed by atoms with van der Waals surface area (Å²) in [7, 11) is 0. The van der Waals surface area contributed by atoms with E-state index < -0.39 is 0 Å². The SMILES string of the molecule is c1ccc(-c2ccccc2-c2c3ccccc3c(-c3ccc(-c4ccc5oc6ccccc6c5c4)c4ccccc34)c3ccccc23)cc1. The molecule has 0 aliphatic heterocycles. The van der Waals surface area contributed by atoms with Gasteiger partial charge in [-0.3, -0.25) is 0 Å². The minimum absolute atomic E-state index is 0.915. The number of para-hydroxylation sites is 1. The second-order valence-corrected chi connectivity index (χ2v) is 12.8. The Balaban J connectivity index is 1.25. The predicted molar refractivity (Wildman–Crippen MR) is 208 cm³/mol. The second-order valence-electron chi connectivity index (χ2n) is 12.8. The van der Waals surface area contributed by atoms with Crippen LogP contribution in [0.5, 0.6) is 0 Å². The van der Waals surface area contributed by atoms with Crippen LogP contribution in [0.2, 0.25) is 0 Å². The van der Waals surface area contributed by atoms with Crippen molar-refractivity contribution < 1.29 is 4.42 Å². The molecule has 1 nitrogen and oxygen atoms in total. The lowest BCUT2D eigenvalue weighted by molar-refractivity contribution is 0.669. The molecule has 228 valence electrons. The van der Waals surface area contributed by atoms with Gasteiger partial charge in [-0.15, -0.1) is 0 Å². The minimum Gasteiger partial charge on any atom is -0.456 e. The van der Waals surface area contributed by atoms with Crippen molar-refractivity contribution in [1.82, 2.24) is 0 Å². The van der Waals surface area contributed by atoms with Gasteiger partial charge in [-0.05, 0) is 95.0 Å². The normalized spacial score (nSPS) is 11.7. The lowest BCUT2D eigenvalue weighted by Crippen LogP contribution is -1.93. The van der Waals surface area contributed by atoms with E-state index in [1.807, 2.05) is 12.1 Å². The van der Waals surface area contributed by atoms with Crippen molar-refractivity contribution in [2.45, 2.75) is 0 Å². The van der Waals surface area contributed by atoms with Gasteiger partial charge in [-0.25, -0.2) is 0 Å². The molecule has 0 bridgehead atoms. The standard InChI is InChI=1S/C48H30O/c1-2-14-31(15-3-1)33-16-4-7-20-38(33)47-39-21-8-10-23-41(39)48(42-24-11-9-22-40(42)47)43-28-27-34(35-17-5-6-18-36(35)43)32-26-29-46-44(30-32)37-19-12-13-25-45(37)49-46/h1-30H. The van der Waals surface area contributed by atoms with Crippen molar-refractivity contribution >= 4 is 54.3 Å². The highest BCUT2D eigenvalue weighted by molar-refractivity contribution is 6.25. The number of rotatable bonds is 4. The van der Waals surface area contributed by atoms with Crippen LogP contribution in [0.15, 0.2) is 186 Å². The van der Waals surface area contributed by atoms with Crippen LogP contribution >= 0.6 is 0 Å². The third-order valence-electron chi connectivity index (χ3n) is 10.1. The lowest BCUT2D eigenvalue weighted by Gasteiger charge is -2.21. The summed E-state index contributed by atoms with van der Waals surface area (Å²) in [6.07, 6.45) is 0. The first-order valence-electron chi connectivity index (χ1n) is 16.9. The predicted octanol–water partition coefficient (Wildman–Crippen LogP) is 13.7. The Morgan fingerprint density at radius 2 is 0.714 bits per heavy atom. The molecule has 0 saturated heterocycles. The van der Waals surface area contributed by atoms with Crippen molar-refractivity contribution in [3.63, 3.8) is 0 Å². The van der Waals surface area contributed by atoms with E-state index in [2.05, 4.69) is 170 Å². The summed E-state index contributed by atoms with van der Waals surface area (Å²) in [4.78, 5) is 0. The third kappa shape index (κ3) is 4.33. The molecule has 0 aliphatic rings. The first-order chi connectivity index (χ1) is 24.3. The summed E-state index contributed by atoms with van der Waals surface area (Å²) in [5.41, 5.74) is 11.7. The monoisotopic (exact) mass is 622 g/mol. The molecule has 0 unspecified atom stereocenters. The van der Waals surface area contributed by atoms with Gasteiger partial charge >= 0.3 is 0 Å². The molecule has 0 N–H and O–H groups in total. The Hall–Kier alpha value is -6.44. The van der Waals surface area contributed by atoms with Gasteiger partial charge in [0.15, 0.2) is 0 Å². The van der Waals surface area contributed by atoms with Crippen LogP contribution < -0.4 is 0 Å². The van der Waals surface area contributed by atoms with Gasteiger partial charge in [0.1, 0.15) is 11.2 Å². The number of benzene rings is 9. The maximum Gasteiger partial charge on any atom is 0.135 e.